The van der Waals surface area contributed by atoms with Crippen LogP contribution >= 0.6 is 0 Å². The molecule has 0 aliphatic carbocycles. The van der Waals surface area contributed by atoms with Crippen LogP contribution in [0.4, 0.5) is 4.79 Å². The molecule has 8 nitrogen and oxygen atoms in total. The molecule has 0 unspecified atom stereocenters. The molecule has 0 spiro atoms. The first-order valence-corrected chi connectivity index (χ1v) is 10.4. The third-order valence-corrected chi connectivity index (χ3v) is 5.95. The Morgan fingerprint density at radius 2 is 1.89 bits per heavy atom. The van der Waals surface area contributed by atoms with Gasteiger partial charge in [0.2, 0.25) is 0 Å². The second-order valence-electron chi connectivity index (χ2n) is 6.69. The number of hydrogen-bond acceptors (Lipinski definition) is 5. The summed E-state index contributed by atoms with van der Waals surface area (Å²) in [5.74, 6) is -0.0690. The fourth-order valence-electron chi connectivity index (χ4n) is 3.13. The van der Waals surface area contributed by atoms with E-state index in [-0.39, 0.29) is 10.8 Å². The van der Waals surface area contributed by atoms with E-state index in [0.717, 1.165) is 5.56 Å². The summed E-state index contributed by atoms with van der Waals surface area (Å²) >= 11 is 0. The first-order chi connectivity index (χ1) is 13.4. The Balaban J connectivity index is 1.85. The zero-order valence-corrected chi connectivity index (χ0v) is 16.3. The zero-order valence-electron chi connectivity index (χ0n) is 15.4. The number of hydrazone groups is 1. The second-order valence-corrected chi connectivity index (χ2v) is 8.35. The molecule has 2 aromatic rings. The van der Waals surface area contributed by atoms with E-state index in [1.165, 1.54) is 17.0 Å². The highest BCUT2D eigenvalue weighted by Crippen LogP contribution is 2.22. The summed E-state index contributed by atoms with van der Waals surface area (Å²) in [6.45, 7) is 2.64. The molecular weight excluding hydrogens is 380 g/mol. The third kappa shape index (κ3) is 4.66. The molecule has 0 radical (unpaired) electrons. The number of carbonyl (C=O) groups is 1. The first kappa shape index (κ1) is 19.8. The van der Waals surface area contributed by atoms with Crippen LogP contribution in [0, 0.1) is 12.8 Å². The number of aryl methyl sites for hydroxylation is 1. The van der Waals surface area contributed by atoms with Crippen molar-refractivity contribution in [2.24, 2.45) is 11.0 Å². The molecule has 2 heterocycles. The molecule has 0 bridgehead atoms. The molecular formula is C19H22N4O4S. The molecule has 1 aromatic carbocycles. The number of piperidine rings is 1. The molecule has 1 aromatic heterocycles. The van der Waals surface area contributed by atoms with Crippen molar-refractivity contribution in [2.45, 2.75) is 24.7 Å². The number of aromatic nitrogens is 1. The van der Waals surface area contributed by atoms with Gasteiger partial charge < -0.3 is 10.0 Å². The molecule has 1 saturated heterocycles. The summed E-state index contributed by atoms with van der Waals surface area (Å²) in [5, 5.41) is 13.4. The van der Waals surface area contributed by atoms with E-state index in [1.54, 1.807) is 30.6 Å². The van der Waals surface area contributed by atoms with Crippen molar-refractivity contribution in [3.05, 3.63) is 59.9 Å². The van der Waals surface area contributed by atoms with Crippen LogP contribution in [-0.4, -0.2) is 48.3 Å². The molecule has 1 amide bonds. The molecule has 28 heavy (non-hydrogen) atoms. The summed E-state index contributed by atoms with van der Waals surface area (Å²) in [7, 11) is -3.81. The highest BCUT2D eigenvalue weighted by molar-refractivity contribution is 7.89. The van der Waals surface area contributed by atoms with Gasteiger partial charge in [-0.2, -0.15) is 18.4 Å². The van der Waals surface area contributed by atoms with Gasteiger partial charge in [0.1, 0.15) is 0 Å². The molecule has 1 fully saturated rings. The van der Waals surface area contributed by atoms with Gasteiger partial charge in [0, 0.05) is 37.0 Å². The van der Waals surface area contributed by atoms with Crippen molar-refractivity contribution in [1.82, 2.24) is 14.7 Å². The number of carboxylic acid groups (broad SMARTS) is 1. The molecule has 0 saturated carbocycles. The van der Waals surface area contributed by atoms with Crippen LogP contribution in [0.3, 0.4) is 0 Å². The largest absolute Gasteiger partial charge is 0.465 e. The Morgan fingerprint density at radius 1 is 1.21 bits per heavy atom. The maximum Gasteiger partial charge on any atom is 0.407 e. The lowest BCUT2D eigenvalue weighted by atomic mass is 9.89. The van der Waals surface area contributed by atoms with E-state index in [2.05, 4.69) is 14.9 Å². The van der Waals surface area contributed by atoms with Gasteiger partial charge in [0.25, 0.3) is 10.0 Å². The summed E-state index contributed by atoms with van der Waals surface area (Å²) in [6, 6.07) is 10.1. The SMILES string of the molecule is Cc1ccc(S(=O)(=O)N/N=C(\c2cccnc2)C2CCN(C(=O)O)CC2)cc1. The predicted molar refractivity (Wildman–Crippen MR) is 105 cm³/mol. The number of pyridine rings is 1. The summed E-state index contributed by atoms with van der Waals surface area (Å²) in [5.41, 5.74) is 2.24. The van der Waals surface area contributed by atoms with E-state index in [0.29, 0.717) is 37.2 Å². The Kier molecular flexibility index (Phi) is 5.93. The van der Waals surface area contributed by atoms with Gasteiger partial charge in [-0.3, -0.25) is 4.98 Å². The first-order valence-electron chi connectivity index (χ1n) is 8.91. The number of likely N-dealkylation sites (tertiary alicyclic amines) is 1. The van der Waals surface area contributed by atoms with Crippen molar-refractivity contribution in [2.75, 3.05) is 13.1 Å². The van der Waals surface area contributed by atoms with Crippen LogP contribution in [0.25, 0.3) is 0 Å². The Bertz CT molecular complexity index is 951. The number of hydrogen-bond donors (Lipinski definition) is 2. The quantitative estimate of drug-likeness (QED) is 0.589. The highest BCUT2D eigenvalue weighted by Gasteiger charge is 2.27. The monoisotopic (exact) mass is 402 g/mol. The molecule has 9 heteroatoms. The molecule has 148 valence electrons. The van der Waals surface area contributed by atoms with E-state index < -0.39 is 16.1 Å². The van der Waals surface area contributed by atoms with Crippen molar-refractivity contribution in [3.63, 3.8) is 0 Å². The smallest absolute Gasteiger partial charge is 0.407 e. The zero-order chi connectivity index (χ0) is 20.1. The fraction of sp³-hybridized carbons (Fsp3) is 0.316. The minimum absolute atomic E-state index is 0.0690. The molecule has 3 rings (SSSR count). The van der Waals surface area contributed by atoms with E-state index in [1.807, 2.05) is 13.0 Å². The molecule has 2 N–H and O–H groups in total. The average Bonchev–Trinajstić information content (AvgIpc) is 2.69. The minimum Gasteiger partial charge on any atom is -0.465 e. The Hall–Kier alpha value is -2.94. The normalized spacial score (nSPS) is 16.0. The number of sulfonamides is 1. The Morgan fingerprint density at radius 3 is 2.46 bits per heavy atom. The highest BCUT2D eigenvalue weighted by atomic mass is 32.2. The summed E-state index contributed by atoms with van der Waals surface area (Å²) in [4.78, 5) is 19.0. The number of nitrogens with zero attached hydrogens (tertiary/aromatic N) is 3. The maximum absolute atomic E-state index is 12.6. The van der Waals surface area contributed by atoms with Crippen LogP contribution in [-0.2, 0) is 10.0 Å². The van der Waals surface area contributed by atoms with Gasteiger partial charge in [-0.15, -0.1) is 0 Å². The number of rotatable bonds is 5. The van der Waals surface area contributed by atoms with Crippen LogP contribution in [0.15, 0.2) is 58.8 Å². The van der Waals surface area contributed by atoms with Gasteiger partial charge in [0.15, 0.2) is 0 Å². The van der Waals surface area contributed by atoms with Crippen LogP contribution in [0.1, 0.15) is 24.0 Å². The molecule has 1 aliphatic rings. The van der Waals surface area contributed by atoms with E-state index in [9.17, 15) is 13.2 Å². The Labute approximate surface area is 164 Å². The van der Waals surface area contributed by atoms with Crippen LogP contribution in [0.5, 0.6) is 0 Å². The lowest BCUT2D eigenvalue weighted by Gasteiger charge is -2.30. The van der Waals surface area contributed by atoms with Crippen molar-refractivity contribution in [1.29, 1.82) is 0 Å². The molecule has 1 aliphatic heterocycles. The lowest BCUT2D eigenvalue weighted by Crippen LogP contribution is -2.40. The van der Waals surface area contributed by atoms with E-state index >= 15 is 0 Å². The van der Waals surface area contributed by atoms with Crippen LogP contribution in [0.2, 0.25) is 0 Å². The van der Waals surface area contributed by atoms with Crippen LogP contribution < -0.4 is 4.83 Å². The van der Waals surface area contributed by atoms with Crippen molar-refractivity contribution < 1.29 is 18.3 Å². The third-order valence-electron chi connectivity index (χ3n) is 4.73. The summed E-state index contributed by atoms with van der Waals surface area (Å²) < 4.78 is 25.2. The van der Waals surface area contributed by atoms with Gasteiger partial charge in [-0.05, 0) is 44.0 Å². The maximum atomic E-state index is 12.6. The van der Waals surface area contributed by atoms with Gasteiger partial charge >= 0.3 is 6.09 Å². The lowest BCUT2D eigenvalue weighted by molar-refractivity contribution is 0.131. The van der Waals surface area contributed by atoms with Gasteiger partial charge in [-0.1, -0.05) is 17.7 Å². The topological polar surface area (TPSA) is 112 Å². The number of amides is 1. The standard InChI is InChI=1S/C19H22N4O4S/c1-14-4-6-17(7-5-14)28(26,27)22-21-18(16-3-2-10-20-13-16)15-8-11-23(12-9-15)19(24)25/h2-7,10,13,15,22H,8-9,11-12H2,1H3,(H,24,25)/b21-18-. The van der Waals surface area contributed by atoms with E-state index in [4.69, 9.17) is 5.11 Å². The summed E-state index contributed by atoms with van der Waals surface area (Å²) in [6.07, 6.45) is 3.43. The number of nitrogens with one attached hydrogen (secondary N) is 1. The predicted octanol–water partition coefficient (Wildman–Crippen LogP) is 2.46. The van der Waals surface area contributed by atoms with Crippen molar-refractivity contribution in [3.8, 4) is 0 Å². The van der Waals surface area contributed by atoms with Gasteiger partial charge in [0.05, 0.1) is 10.6 Å². The average molecular weight is 402 g/mol. The second kappa shape index (κ2) is 8.39. The van der Waals surface area contributed by atoms with Gasteiger partial charge in [-0.25, -0.2) is 4.79 Å². The molecule has 0 atom stereocenters. The van der Waals surface area contributed by atoms with Crippen molar-refractivity contribution >= 4 is 21.8 Å². The minimum atomic E-state index is -3.81. The number of benzene rings is 1. The fourth-order valence-corrected chi connectivity index (χ4v) is 3.95.